The third kappa shape index (κ3) is 4.69. The van der Waals surface area contributed by atoms with Crippen molar-refractivity contribution in [2.24, 2.45) is 5.92 Å². The van der Waals surface area contributed by atoms with Crippen molar-refractivity contribution in [1.29, 1.82) is 0 Å². The molecule has 0 saturated heterocycles. The van der Waals surface area contributed by atoms with E-state index in [0.29, 0.717) is 35.7 Å². The van der Waals surface area contributed by atoms with Gasteiger partial charge in [0.25, 0.3) is 0 Å². The number of nitrogens with zero attached hydrogens (tertiary/aromatic N) is 2. The number of carbonyl (C=O) groups is 1. The zero-order valence-electron chi connectivity index (χ0n) is 14.3. The Hall–Kier alpha value is -2.08. The highest BCUT2D eigenvalue weighted by molar-refractivity contribution is 5.92. The third-order valence-electron chi connectivity index (χ3n) is 3.67. The first-order valence-electron chi connectivity index (χ1n) is 7.95. The van der Waals surface area contributed by atoms with Crippen molar-refractivity contribution in [2.45, 2.75) is 33.2 Å². The highest BCUT2D eigenvalue weighted by Gasteiger charge is 2.11. The van der Waals surface area contributed by atoms with Crippen molar-refractivity contribution in [2.75, 3.05) is 26.0 Å². The molecule has 0 atom stereocenters. The Bertz CT molecular complexity index is 728. The number of aromatic nitrogens is 1. The van der Waals surface area contributed by atoms with Crippen LogP contribution in [0.1, 0.15) is 26.7 Å². The summed E-state index contributed by atoms with van der Waals surface area (Å²) in [5, 5.41) is 2.88. The van der Waals surface area contributed by atoms with Crippen molar-refractivity contribution in [1.82, 2.24) is 9.47 Å². The fourth-order valence-corrected chi connectivity index (χ4v) is 2.29. The molecular formula is C17H25N3O3. The van der Waals surface area contributed by atoms with Gasteiger partial charge in [0.2, 0.25) is 5.91 Å². The standard InChI is InChI=1S/C17H25N3O3/c1-12(2)5-8-16(21)18-13-6-7-15-14(11-13)20(17(22)23-15)10-9-19(3)4/h6-7,11-12H,5,8-10H2,1-4H3,(H,18,21). The fourth-order valence-electron chi connectivity index (χ4n) is 2.29. The first kappa shape index (κ1) is 17.3. The molecule has 1 N–H and O–H groups in total. The monoisotopic (exact) mass is 319 g/mol. The second kappa shape index (κ2) is 7.46. The molecule has 0 aliphatic rings. The summed E-state index contributed by atoms with van der Waals surface area (Å²) < 4.78 is 6.84. The minimum absolute atomic E-state index is 0.0104. The number of hydrogen-bond donors (Lipinski definition) is 1. The van der Waals surface area contributed by atoms with E-state index in [4.69, 9.17) is 4.42 Å². The van der Waals surface area contributed by atoms with Gasteiger partial charge in [0, 0.05) is 25.2 Å². The number of amides is 1. The largest absolute Gasteiger partial charge is 0.419 e. The number of oxazole rings is 1. The summed E-state index contributed by atoms with van der Waals surface area (Å²) in [5.74, 6) is 0.113. The molecule has 126 valence electrons. The predicted octanol–water partition coefficient (Wildman–Crippen LogP) is 2.53. The van der Waals surface area contributed by atoms with Gasteiger partial charge in [-0.2, -0.15) is 0 Å². The molecule has 0 saturated carbocycles. The lowest BCUT2D eigenvalue weighted by Crippen LogP contribution is -2.23. The summed E-state index contributed by atoms with van der Waals surface area (Å²) in [6.07, 6.45) is 1.35. The van der Waals surface area contributed by atoms with Crippen LogP contribution in [0.15, 0.2) is 27.4 Å². The number of fused-ring (bicyclic) bond motifs is 1. The third-order valence-corrected chi connectivity index (χ3v) is 3.67. The predicted molar refractivity (Wildman–Crippen MR) is 91.7 cm³/mol. The van der Waals surface area contributed by atoms with Gasteiger partial charge in [0.15, 0.2) is 5.58 Å². The van der Waals surface area contributed by atoms with Crippen LogP contribution in [0.4, 0.5) is 5.69 Å². The number of likely N-dealkylation sites (N-methyl/N-ethyl adjacent to an activating group) is 1. The van der Waals surface area contributed by atoms with E-state index in [9.17, 15) is 9.59 Å². The molecule has 1 heterocycles. The van der Waals surface area contributed by atoms with Crippen molar-refractivity contribution < 1.29 is 9.21 Å². The van der Waals surface area contributed by atoms with Crippen LogP contribution in [0, 0.1) is 5.92 Å². The minimum atomic E-state index is -0.370. The van der Waals surface area contributed by atoms with Crippen LogP contribution in [0.2, 0.25) is 0 Å². The molecule has 0 bridgehead atoms. The molecule has 6 heteroatoms. The van der Waals surface area contributed by atoms with Gasteiger partial charge in [-0.3, -0.25) is 9.36 Å². The second-order valence-corrected chi connectivity index (χ2v) is 6.49. The maximum absolute atomic E-state index is 12.0. The summed E-state index contributed by atoms with van der Waals surface area (Å²) in [6, 6.07) is 5.28. The maximum Gasteiger partial charge on any atom is 0.419 e. The van der Waals surface area contributed by atoms with Gasteiger partial charge in [-0.05, 0) is 44.6 Å². The quantitative estimate of drug-likeness (QED) is 0.851. The van der Waals surface area contributed by atoms with Crippen LogP contribution >= 0.6 is 0 Å². The first-order chi connectivity index (χ1) is 10.9. The Labute approximate surface area is 136 Å². The lowest BCUT2D eigenvalue weighted by molar-refractivity contribution is -0.116. The topological polar surface area (TPSA) is 67.5 Å². The van der Waals surface area contributed by atoms with Gasteiger partial charge in [0.05, 0.1) is 5.52 Å². The Morgan fingerprint density at radius 3 is 2.74 bits per heavy atom. The molecule has 1 aromatic heterocycles. The normalized spacial score (nSPS) is 11.6. The van der Waals surface area contributed by atoms with Crippen LogP contribution in [0.5, 0.6) is 0 Å². The van der Waals surface area contributed by atoms with E-state index in [1.54, 1.807) is 22.8 Å². The van der Waals surface area contributed by atoms with E-state index >= 15 is 0 Å². The molecule has 2 aromatic rings. The van der Waals surface area contributed by atoms with E-state index in [1.165, 1.54) is 0 Å². The van der Waals surface area contributed by atoms with Crippen molar-refractivity contribution in [3.63, 3.8) is 0 Å². The number of anilines is 1. The van der Waals surface area contributed by atoms with Crippen molar-refractivity contribution in [3.8, 4) is 0 Å². The van der Waals surface area contributed by atoms with Crippen LogP contribution in [0.25, 0.3) is 11.1 Å². The number of carbonyl (C=O) groups excluding carboxylic acids is 1. The minimum Gasteiger partial charge on any atom is -0.408 e. The summed E-state index contributed by atoms with van der Waals surface area (Å²) in [5.41, 5.74) is 1.93. The SMILES string of the molecule is CC(C)CCC(=O)Nc1ccc2oc(=O)n(CCN(C)C)c2c1. The van der Waals surface area contributed by atoms with Crippen LogP contribution in [-0.4, -0.2) is 36.0 Å². The summed E-state index contributed by atoms with van der Waals surface area (Å²) in [4.78, 5) is 25.9. The summed E-state index contributed by atoms with van der Waals surface area (Å²) >= 11 is 0. The number of benzene rings is 1. The second-order valence-electron chi connectivity index (χ2n) is 6.49. The van der Waals surface area contributed by atoms with Gasteiger partial charge in [-0.15, -0.1) is 0 Å². The maximum atomic E-state index is 12.0. The molecule has 0 unspecified atom stereocenters. The molecular weight excluding hydrogens is 294 g/mol. The summed E-state index contributed by atoms with van der Waals surface area (Å²) in [6.45, 7) is 5.46. The number of rotatable bonds is 7. The highest BCUT2D eigenvalue weighted by atomic mass is 16.4. The van der Waals surface area contributed by atoms with Gasteiger partial charge in [-0.1, -0.05) is 13.8 Å². The van der Waals surface area contributed by atoms with Gasteiger partial charge in [0.1, 0.15) is 0 Å². The molecule has 6 nitrogen and oxygen atoms in total. The van der Waals surface area contributed by atoms with Gasteiger partial charge < -0.3 is 14.6 Å². The van der Waals surface area contributed by atoms with Crippen molar-refractivity contribution in [3.05, 3.63) is 28.7 Å². The van der Waals surface area contributed by atoms with E-state index < -0.39 is 0 Å². The van der Waals surface area contributed by atoms with E-state index in [2.05, 4.69) is 19.2 Å². The number of nitrogens with one attached hydrogen (secondary N) is 1. The Morgan fingerprint density at radius 2 is 2.09 bits per heavy atom. The van der Waals surface area contributed by atoms with E-state index in [0.717, 1.165) is 13.0 Å². The lowest BCUT2D eigenvalue weighted by atomic mass is 10.1. The molecule has 0 aliphatic heterocycles. The average molecular weight is 319 g/mol. The van der Waals surface area contributed by atoms with Crippen LogP contribution in [0.3, 0.4) is 0 Å². The molecule has 1 amide bonds. The Morgan fingerprint density at radius 1 is 1.35 bits per heavy atom. The van der Waals surface area contributed by atoms with Crippen LogP contribution < -0.4 is 11.1 Å². The summed E-state index contributed by atoms with van der Waals surface area (Å²) in [7, 11) is 3.90. The first-order valence-corrected chi connectivity index (χ1v) is 7.95. The molecule has 1 aromatic carbocycles. The number of hydrogen-bond acceptors (Lipinski definition) is 4. The van der Waals surface area contributed by atoms with E-state index in [1.807, 2.05) is 19.0 Å². The molecule has 0 spiro atoms. The van der Waals surface area contributed by atoms with Gasteiger partial charge >= 0.3 is 5.76 Å². The average Bonchev–Trinajstić information content (AvgIpc) is 2.78. The fraction of sp³-hybridized carbons (Fsp3) is 0.529. The van der Waals surface area contributed by atoms with E-state index in [-0.39, 0.29) is 11.7 Å². The molecule has 0 radical (unpaired) electrons. The smallest absolute Gasteiger partial charge is 0.408 e. The zero-order chi connectivity index (χ0) is 17.0. The van der Waals surface area contributed by atoms with Crippen molar-refractivity contribution >= 4 is 22.7 Å². The van der Waals surface area contributed by atoms with Crippen LogP contribution in [-0.2, 0) is 11.3 Å². The molecule has 0 fully saturated rings. The highest BCUT2D eigenvalue weighted by Crippen LogP contribution is 2.19. The van der Waals surface area contributed by atoms with Gasteiger partial charge in [-0.25, -0.2) is 4.79 Å². The zero-order valence-corrected chi connectivity index (χ0v) is 14.3. The lowest BCUT2D eigenvalue weighted by Gasteiger charge is -2.10. The molecule has 0 aliphatic carbocycles. The Kier molecular flexibility index (Phi) is 5.60. The Balaban J connectivity index is 2.18. The molecule has 2 rings (SSSR count). The molecule has 23 heavy (non-hydrogen) atoms.